The van der Waals surface area contributed by atoms with E-state index in [9.17, 15) is 0 Å². The van der Waals surface area contributed by atoms with Gasteiger partial charge in [-0.05, 0) is 90.1 Å². The predicted molar refractivity (Wildman–Crippen MR) is 230 cm³/mol. The van der Waals surface area contributed by atoms with Crippen LogP contribution in [-0.2, 0) is 0 Å². The van der Waals surface area contributed by atoms with Crippen LogP contribution in [0.4, 0.5) is 0 Å². The van der Waals surface area contributed by atoms with Crippen LogP contribution >= 0.6 is 11.3 Å². The zero-order chi connectivity index (χ0) is 35.3. The van der Waals surface area contributed by atoms with Crippen LogP contribution in [-0.4, -0.2) is 11.5 Å². The second-order valence-electron chi connectivity index (χ2n) is 13.5. The lowest BCUT2D eigenvalue weighted by molar-refractivity contribution is 1.42. The first-order valence-corrected chi connectivity index (χ1v) is 18.7. The summed E-state index contributed by atoms with van der Waals surface area (Å²) in [7, 11) is 0. The number of hydrogen-bond donors (Lipinski definition) is 1. The Morgan fingerprint density at radius 3 is 2.08 bits per heavy atom. The summed E-state index contributed by atoms with van der Waals surface area (Å²) in [5.41, 5.74) is 6.14. The van der Waals surface area contributed by atoms with Crippen molar-refractivity contribution >= 4 is 92.2 Å². The quantitative estimate of drug-likeness (QED) is 0.0807. The number of amidine groups is 1. The molecule has 2 nitrogen and oxygen atoms in total. The zero-order valence-corrected chi connectivity index (χ0v) is 29.6. The molecular formula is C50H32N2S. The Balaban J connectivity index is 1.07. The van der Waals surface area contributed by atoms with Crippen molar-refractivity contribution in [2.75, 3.05) is 0 Å². The Bertz CT molecular complexity index is 3130. The number of nitrogens with one attached hydrogen (secondary N) is 1. The van der Waals surface area contributed by atoms with Crippen LogP contribution in [0.25, 0.3) is 80.5 Å². The van der Waals surface area contributed by atoms with E-state index in [4.69, 9.17) is 10.4 Å². The lowest BCUT2D eigenvalue weighted by Gasteiger charge is -2.15. The summed E-state index contributed by atoms with van der Waals surface area (Å²) in [5, 5.41) is 21.3. The molecule has 10 rings (SSSR count). The first-order chi connectivity index (χ1) is 26.2. The molecule has 3 heteroatoms. The van der Waals surface area contributed by atoms with E-state index in [1.165, 1.54) is 74.4 Å². The molecule has 0 bridgehead atoms. The van der Waals surface area contributed by atoms with Crippen molar-refractivity contribution in [2.24, 2.45) is 4.99 Å². The summed E-state index contributed by atoms with van der Waals surface area (Å²) in [4.78, 5) is 4.95. The summed E-state index contributed by atoms with van der Waals surface area (Å²) in [6.45, 7) is 0. The molecule has 1 heterocycles. The Hall–Kier alpha value is -6.68. The number of fused-ring (bicyclic) bond motifs is 8. The van der Waals surface area contributed by atoms with Crippen LogP contribution < -0.4 is 0 Å². The molecule has 10 aromatic rings. The van der Waals surface area contributed by atoms with E-state index in [0.29, 0.717) is 0 Å². The molecule has 9 aromatic carbocycles. The van der Waals surface area contributed by atoms with Gasteiger partial charge < -0.3 is 0 Å². The van der Waals surface area contributed by atoms with Crippen LogP contribution in [0.2, 0.25) is 0 Å². The maximum atomic E-state index is 8.93. The van der Waals surface area contributed by atoms with Gasteiger partial charge in [0, 0.05) is 31.3 Å². The largest absolute Gasteiger partial charge is 0.282 e. The minimum atomic E-state index is 0.239. The molecule has 0 atom stereocenters. The zero-order valence-electron chi connectivity index (χ0n) is 28.8. The first kappa shape index (κ1) is 31.1. The van der Waals surface area contributed by atoms with Gasteiger partial charge >= 0.3 is 0 Å². The van der Waals surface area contributed by atoms with Crippen molar-refractivity contribution in [1.29, 1.82) is 5.41 Å². The Morgan fingerprint density at radius 1 is 0.491 bits per heavy atom. The summed E-state index contributed by atoms with van der Waals surface area (Å²) in [5.74, 6) is 0.239. The Labute approximate surface area is 311 Å². The van der Waals surface area contributed by atoms with E-state index in [1.54, 1.807) is 11.3 Å². The molecule has 248 valence electrons. The molecule has 1 aromatic heterocycles. The van der Waals surface area contributed by atoms with Gasteiger partial charge in [0.1, 0.15) is 0 Å². The standard InChI is InChI=1S/C50H32N2S/c51-50(34-12-2-1-3-13-34)52-46(44-19-10-18-43-41-17-8-9-20-47(41)53-49(43)44)28-22-32-21-23-36-30-38(25-24-35(36)29-32)48-40-16-7-5-14-37(40)31-45-39-15-6-4-11-33(39)26-27-42(45)48/h1-31,51H/b28-22+,51-50?,52-46?. The predicted octanol–water partition coefficient (Wildman–Crippen LogP) is 13.9. The highest BCUT2D eigenvalue weighted by molar-refractivity contribution is 7.26. The van der Waals surface area contributed by atoms with E-state index < -0.39 is 0 Å². The molecule has 0 saturated heterocycles. The van der Waals surface area contributed by atoms with Crippen LogP contribution in [0, 0.1) is 5.41 Å². The van der Waals surface area contributed by atoms with E-state index >= 15 is 0 Å². The minimum Gasteiger partial charge on any atom is -0.282 e. The second kappa shape index (κ2) is 12.8. The number of allylic oxidation sites excluding steroid dienone is 1. The van der Waals surface area contributed by atoms with E-state index in [0.717, 1.165) is 22.4 Å². The highest BCUT2D eigenvalue weighted by Gasteiger charge is 2.15. The third-order valence-electron chi connectivity index (χ3n) is 10.3. The fraction of sp³-hybridized carbons (Fsp3) is 0. The fourth-order valence-corrected chi connectivity index (χ4v) is 8.97. The number of nitrogens with zero attached hydrogens (tertiary/aromatic N) is 1. The highest BCUT2D eigenvalue weighted by Crippen LogP contribution is 2.40. The molecule has 0 radical (unpaired) electrons. The van der Waals surface area contributed by atoms with Crippen molar-refractivity contribution in [3.63, 3.8) is 0 Å². The normalized spacial score (nSPS) is 12.3. The molecule has 53 heavy (non-hydrogen) atoms. The van der Waals surface area contributed by atoms with Gasteiger partial charge in [0.15, 0.2) is 5.84 Å². The average molecular weight is 693 g/mol. The maximum absolute atomic E-state index is 8.93. The molecule has 0 aliphatic carbocycles. The van der Waals surface area contributed by atoms with Crippen molar-refractivity contribution in [2.45, 2.75) is 0 Å². The summed E-state index contributed by atoms with van der Waals surface area (Å²) < 4.78 is 2.42. The summed E-state index contributed by atoms with van der Waals surface area (Å²) in [6, 6.07) is 62.4. The molecular weight excluding hydrogens is 661 g/mol. The van der Waals surface area contributed by atoms with Crippen molar-refractivity contribution in [1.82, 2.24) is 0 Å². The van der Waals surface area contributed by atoms with Crippen LogP contribution in [0.1, 0.15) is 16.7 Å². The van der Waals surface area contributed by atoms with Gasteiger partial charge in [0.25, 0.3) is 0 Å². The molecule has 1 N–H and O–H groups in total. The average Bonchev–Trinajstić information content (AvgIpc) is 3.60. The van der Waals surface area contributed by atoms with Crippen molar-refractivity contribution in [3.05, 3.63) is 199 Å². The van der Waals surface area contributed by atoms with Gasteiger partial charge in [0.2, 0.25) is 0 Å². The third kappa shape index (κ3) is 5.50. The van der Waals surface area contributed by atoms with Gasteiger partial charge in [0.05, 0.1) is 5.71 Å². The maximum Gasteiger partial charge on any atom is 0.152 e. The van der Waals surface area contributed by atoms with Crippen LogP contribution in [0.3, 0.4) is 0 Å². The lowest BCUT2D eigenvalue weighted by atomic mass is 9.89. The highest BCUT2D eigenvalue weighted by atomic mass is 32.1. The molecule has 0 unspecified atom stereocenters. The molecule has 0 amide bonds. The topological polar surface area (TPSA) is 36.2 Å². The number of benzene rings is 9. The Kier molecular flexibility index (Phi) is 7.52. The summed E-state index contributed by atoms with van der Waals surface area (Å²) >= 11 is 1.78. The van der Waals surface area contributed by atoms with Gasteiger partial charge in [-0.3, -0.25) is 5.41 Å². The van der Waals surface area contributed by atoms with E-state index in [2.05, 4.69) is 158 Å². The van der Waals surface area contributed by atoms with Crippen molar-refractivity contribution < 1.29 is 0 Å². The molecule has 0 saturated carbocycles. The van der Waals surface area contributed by atoms with Crippen LogP contribution in [0.5, 0.6) is 0 Å². The monoisotopic (exact) mass is 692 g/mol. The Morgan fingerprint density at radius 2 is 1.19 bits per heavy atom. The SMILES string of the molecule is N=C(N=C(/C=C/c1ccc2cc(-c3c4ccccc4cc4c3ccc3ccccc34)ccc2c1)c1cccc2c1sc1ccccc12)c1ccccc1. The van der Waals surface area contributed by atoms with Gasteiger partial charge in [-0.2, -0.15) is 0 Å². The number of thiophene rings is 1. The number of rotatable bonds is 5. The minimum absolute atomic E-state index is 0.239. The van der Waals surface area contributed by atoms with Gasteiger partial charge in [-0.1, -0.05) is 158 Å². The molecule has 0 fully saturated rings. The van der Waals surface area contributed by atoms with E-state index in [-0.39, 0.29) is 5.84 Å². The van der Waals surface area contributed by atoms with Crippen LogP contribution in [0.15, 0.2) is 187 Å². The van der Waals surface area contributed by atoms with Gasteiger partial charge in [-0.25, -0.2) is 4.99 Å². The molecule has 0 aliphatic rings. The third-order valence-corrected chi connectivity index (χ3v) is 11.5. The smallest absolute Gasteiger partial charge is 0.152 e. The number of hydrogen-bond acceptors (Lipinski definition) is 2. The van der Waals surface area contributed by atoms with Crippen molar-refractivity contribution in [3.8, 4) is 11.1 Å². The number of aliphatic imine (C=N–C) groups is 1. The lowest BCUT2D eigenvalue weighted by Crippen LogP contribution is -2.04. The van der Waals surface area contributed by atoms with E-state index in [1.807, 2.05) is 30.3 Å². The summed E-state index contributed by atoms with van der Waals surface area (Å²) in [6.07, 6.45) is 4.19. The van der Waals surface area contributed by atoms with Gasteiger partial charge in [-0.15, -0.1) is 11.3 Å². The molecule has 0 spiro atoms. The molecule has 0 aliphatic heterocycles. The first-order valence-electron chi connectivity index (χ1n) is 17.9. The fourth-order valence-electron chi connectivity index (χ4n) is 7.75. The second-order valence-corrected chi connectivity index (χ2v) is 14.6.